The molecule has 0 radical (unpaired) electrons. The molecule has 0 saturated carbocycles. The summed E-state index contributed by atoms with van der Waals surface area (Å²) in [6.07, 6.45) is 3.29. The van der Waals surface area contributed by atoms with E-state index in [9.17, 15) is 0 Å². The Balaban J connectivity index is 0.00000361. The molecule has 1 aromatic carbocycles. The Kier molecular flexibility index (Phi) is 11.0. The summed E-state index contributed by atoms with van der Waals surface area (Å²) in [7, 11) is 1.81. The van der Waals surface area contributed by atoms with E-state index < -0.39 is 0 Å². The van der Waals surface area contributed by atoms with Gasteiger partial charge in [-0.1, -0.05) is 24.3 Å². The van der Waals surface area contributed by atoms with Crippen molar-refractivity contribution in [3.63, 3.8) is 0 Å². The lowest BCUT2D eigenvalue weighted by molar-refractivity contribution is 0.679. The molecule has 1 atom stereocenters. The van der Waals surface area contributed by atoms with Crippen LogP contribution >= 0.6 is 35.7 Å². The first kappa shape index (κ1) is 19.6. The van der Waals surface area contributed by atoms with E-state index in [1.54, 1.807) is 0 Å². The topological polar surface area (TPSA) is 36.4 Å². The minimum atomic E-state index is 0. The van der Waals surface area contributed by atoms with Crippen LogP contribution in [0.5, 0.6) is 0 Å². The predicted octanol–water partition coefficient (Wildman–Crippen LogP) is 3.59. The zero-order valence-corrected chi connectivity index (χ0v) is 15.9. The van der Waals surface area contributed by atoms with Crippen LogP contribution in [0.4, 0.5) is 0 Å². The number of hydrogen-bond acceptors (Lipinski definition) is 2. The maximum Gasteiger partial charge on any atom is 0.191 e. The monoisotopic (exact) mass is 407 g/mol. The van der Waals surface area contributed by atoms with E-state index in [4.69, 9.17) is 0 Å². The van der Waals surface area contributed by atoms with Gasteiger partial charge in [0.15, 0.2) is 5.96 Å². The summed E-state index contributed by atoms with van der Waals surface area (Å²) < 4.78 is 0. The Morgan fingerprint density at radius 2 is 2.05 bits per heavy atom. The lowest BCUT2D eigenvalue weighted by Gasteiger charge is -2.19. The van der Waals surface area contributed by atoms with Crippen molar-refractivity contribution in [2.24, 2.45) is 4.99 Å². The molecule has 2 N–H and O–H groups in total. The average Bonchev–Trinajstić information content (AvgIpc) is 2.42. The highest BCUT2D eigenvalue weighted by atomic mass is 127. The number of halogens is 1. The molecule has 0 heterocycles. The molecule has 0 fully saturated rings. The first-order chi connectivity index (χ1) is 9.19. The van der Waals surface area contributed by atoms with Gasteiger partial charge in [-0.15, -0.1) is 24.0 Å². The number of hydrogen-bond donors (Lipinski definition) is 2. The SMILES string of the molecule is CN=C(NCCCSC)NC(C)c1ccccc1C.I. The number of rotatable bonds is 6. The molecule has 0 bridgehead atoms. The van der Waals surface area contributed by atoms with Crippen molar-refractivity contribution in [1.82, 2.24) is 10.6 Å². The number of nitrogens with one attached hydrogen (secondary N) is 2. The second kappa shape index (κ2) is 11.3. The second-order valence-corrected chi connectivity index (χ2v) is 5.55. The Bertz CT molecular complexity index is 410. The molecule has 114 valence electrons. The molecule has 0 aliphatic heterocycles. The molecule has 0 aromatic heterocycles. The van der Waals surface area contributed by atoms with Crippen molar-refractivity contribution >= 4 is 41.7 Å². The zero-order chi connectivity index (χ0) is 14.1. The first-order valence-corrected chi connectivity index (χ1v) is 8.10. The van der Waals surface area contributed by atoms with Crippen molar-refractivity contribution in [2.75, 3.05) is 25.6 Å². The quantitative estimate of drug-likeness (QED) is 0.328. The van der Waals surface area contributed by atoms with Crippen LogP contribution < -0.4 is 10.6 Å². The van der Waals surface area contributed by atoms with Gasteiger partial charge >= 0.3 is 0 Å². The summed E-state index contributed by atoms with van der Waals surface area (Å²) in [5.41, 5.74) is 2.62. The normalized spacial score (nSPS) is 12.5. The standard InChI is InChI=1S/C15H25N3S.HI/c1-12-8-5-6-9-14(12)13(2)18-15(16-3)17-10-7-11-19-4;/h5-6,8-9,13H,7,10-11H2,1-4H3,(H2,16,17,18);1H. The molecular formula is C15H26IN3S. The number of nitrogens with zero attached hydrogens (tertiary/aromatic N) is 1. The van der Waals surface area contributed by atoms with E-state index >= 15 is 0 Å². The molecule has 0 spiro atoms. The minimum Gasteiger partial charge on any atom is -0.356 e. The van der Waals surface area contributed by atoms with Gasteiger partial charge in [-0.2, -0.15) is 11.8 Å². The number of thioether (sulfide) groups is 1. The highest BCUT2D eigenvalue weighted by molar-refractivity contribution is 14.0. The van der Waals surface area contributed by atoms with Gasteiger partial charge in [-0.3, -0.25) is 4.99 Å². The lowest BCUT2D eigenvalue weighted by atomic mass is 10.0. The van der Waals surface area contributed by atoms with Crippen LogP contribution in [0.15, 0.2) is 29.3 Å². The highest BCUT2D eigenvalue weighted by Crippen LogP contribution is 2.16. The highest BCUT2D eigenvalue weighted by Gasteiger charge is 2.09. The smallest absolute Gasteiger partial charge is 0.191 e. The molecular weight excluding hydrogens is 381 g/mol. The summed E-state index contributed by atoms with van der Waals surface area (Å²) in [6.45, 7) is 5.26. The van der Waals surface area contributed by atoms with Gasteiger partial charge in [0, 0.05) is 13.6 Å². The molecule has 1 unspecified atom stereocenters. The zero-order valence-electron chi connectivity index (χ0n) is 12.8. The van der Waals surface area contributed by atoms with Gasteiger partial charge in [0.2, 0.25) is 0 Å². The molecule has 0 amide bonds. The van der Waals surface area contributed by atoms with Crippen LogP contribution in [-0.4, -0.2) is 31.6 Å². The number of aliphatic imine (C=N–C) groups is 1. The van der Waals surface area contributed by atoms with E-state index in [0.717, 1.165) is 18.9 Å². The van der Waals surface area contributed by atoms with E-state index in [0.29, 0.717) is 0 Å². The molecule has 1 aromatic rings. The van der Waals surface area contributed by atoms with Crippen LogP contribution in [0.1, 0.15) is 30.5 Å². The molecule has 0 saturated heterocycles. The molecule has 20 heavy (non-hydrogen) atoms. The third kappa shape index (κ3) is 6.83. The number of guanidine groups is 1. The van der Waals surface area contributed by atoms with E-state index in [1.165, 1.54) is 16.9 Å². The molecule has 5 heteroatoms. The number of aryl methyl sites for hydroxylation is 1. The molecule has 1 rings (SSSR count). The Labute approximate surface area is 144 Å². The van der Waals surface area contributed by atoms with Crippen molar-refractivity contribution in [3.05, 3.63) is 35.4 Å². The summed E-state index contributed by atoms with van der Waals surface area (Å²) in [4.78, 5) is 4.27. The van der Waals surface area contributed by atoms with Crippen molar-refractivity contribution < 1.29 is 0 Å². The van der Waals surface area contributed by atoms with Gasteiger partial charge in [0.25, 0.3) is 0 Å². The van der Waals surface area contributed by atoms with Crippen LogP contribution in [0.25, 0.3) is 0 Å². The maximum atomic E-state index is 4.27. The van der Waals surface area contributed by atoms with Gasteiger partial charge in [0.1, 0.15) is 0 Å². The van der Waals surface area contributed by atoms with Crippen LogP contribution in [0.3, 0.4) is 0 Å². The Morgan fingerprint density at radius 1 is 1.35 bits per heavy atom. The van der Waals surface area contributed by atoms with Gasteiger partial charge in [-0.25, -0.2) is 0 Å². The lowest BCUT2D eigenvalue weighted by Crippen LogP contribution is -2.39. The molecule has 0 aliphatic rings. The number of benzene rings is 1. The third-order valence-corrected chi connectivity index (χ3v) is 3.75. The van der Waals surface area contributed by atoms with Crippen LogP contribution in [0, 0.1) is 6.92 Å². The summed E-state index contributed by atoms with van der Waals surface area (Å²) in [5, 5.41) is 6.78. The summed E-state index contributed by atoms with van der Waals surface area (Å²) >= 11 is 1.87. The summed E-state index contributed by atoms with van der Waals surface area (Å²) in [6, 6.07) is 8.71. The largest absolute Gasteiger partial charge is 0.356 e. The van der Waals surface area contributed by atoms with E-state index in [2.05, 4.69) is 60.0 Å². The van der Waals surface area contributed by atoms with Gasteiger partial charge < -0.3 is 10.6 Å². The fourth-order valence-corrected chi connectivity index (χ4v) is 2.41. The maximum absolute atomic E-state index is 4.27. The fourth-order valence-electron chi connectivity index (χ4n) is 1.97. The summed E-state index contributed by atoms with van der Waals surface area (Å²) in [5.74, 6) is 2.05. The predicted molar refractivity (Wildman–Crippen MR) is 103 cm³/mol. The van der Waals surface area contributed by atoms with Crippen molar-refractivity contribution in [2.45, 2.75) is 26.3 Å². The minimum absolute atomic E-state index is 0. The van der Waals surface area contributed by atoms with Crippen molar-refractivity contribution in [1.29, 1.82) is 0 Å². The second-order valence-electron chi connectivity index (χ2n) is 4.57. The Hall–Kier alpha value is -0.430. The van der Waals surface area contributed by atoms with E-state index in [-0.39, 0.29) is 30.0 Å². The first-order valence-electron chi connectivity index (χ1n) is 6.70. The van der Waals surface area contributed by atoms with E-state index in [1.807, 2.05) is 18.8 Å². The van der Waals surface area contributed by atoms with Crippen LogP contribution in [0.2, 0.25) is 0 Å². The van der Waals surface area contributed by atoms with Gasteiger partial charge in [0.05, 0.1) is 6.04 Å². The average molecular weight is 407 g/mol. The van der Waals surface area contributed by atoms with Gasteiger partial charge in [-0.05, 0) is 43.4 Å². The molecule has 3 nitrogen and oxygen atoms in total. The van der Waals surface area contributed by atoms with Crippen molar-refractivity contribution in [3.8, 4) is 0 Å². The fraction of sp³-hybridized carbons (Fsp3) is 0.533. The third-order valence-electron chi connectivity index (χ3n) is 3.05. The Morgan fingerprint density at radius 3 is 2.65 bits per heavy atom. The molecule has 0 aliphatic carbocycles. The van der Waals surface area contributed by atoms with Crippen LogP contribution in [-0.2, 0) is 0 Å².